The quantitative estimate of drug-likeness (QED) is 0.358. The van der Waals surface area contributed by atoms with E-state index in [2.05, 4.69) is 26.5 Å². The molecule has 0 aliphatic heterocycles. The number of carbonyl (C=O) groups excluding carboxylic acids is 1. The molecule has 31 heavy (non-hydrogen) atoms. The normalized spacial score (nSPS) is 11.8. The molecule has 0 bridgehead atoms. The molecule has 6 nitrogen and oxygen atoms in total. The van der Waals surface area contributed by atoms with Crippen molar-refractivity contribution in [2.75, 3.05) is 10.8 Å². The Morgan fingerprint density at radius 2 is 1.74 bits per heavy atom. The number of benzene rings is 3. The maximum Gasteiger partial charge on any atom is 0.264 e. The predicted octanol–water partition coefficient (Wildman–Crippen LogP) is 4.84. The molecule has 0 fully saturated rings. The van der Waals surface area contributed by atoms with Crippen molar-refractivity contribution in [2.24, 2.45) is 5.10 Å². The van der Waals surface area contributed by atoms with Crippen LogP contribution in [0.2, 0.25) is 5.02 Å². The van der Waals surface area contributed by atoms with Crippen molar-refractivity contribution >= 4 is 54.9 Å². The second-order valence-corrected chi connectivity index (χ2v) is 9.76. The third-order valence-corrected chi connectivity index (χ3v) is 6.82. The van der Waals surface area contributed by atoms with E-state index in [-0.39, 0.29) is 10.6 Å². The number of halogens is 2. The molecule has 0 heterocycles. The molecule has 0 unspecified atom stereocenters. The van der Waals surface area contributed by atoms with Crippen molar-refractivity contribution < 1.29 is 13.2 Å². The monoisotopic (exact) mass is 519 g/mol. The highest BCUT2D eigenvalue weighted by Crippen LogP contribution is 2.26. The standard InChI is InChI=1S/C22H19BrClN3O3S/c1-16(17-7-5-8-18(23)13-17)25-26-22(28)15-27(20-10-6-9-19(24)14-20)31(29,30)21-11-3-2-4-12-21/h2-14H,15H2,1H3,(H,26,28)/b25-16-. The van der Waals surface area contributed by atoms with E-state index >= 15 is 0 Å². The number of amides is 1. The summed E-state index contributed by atoms with van der Waals surface area (Å²) in [5.74, 6) is -0.589. The van der Waals surface area contributed by atoms with Crippen LogP contribution in [0, 0.1) is 0 Å². The van der Waals surface area contributed by atoms with Gasteiger partial charge in [-0.25, -0.2) is 13.8 Å². The van der Waals surface area contributed by atoms with Gasteiger partial charge in [0, 0.05) is 9.50 Å². The van der Waals surface area contributed by atoms with Crippen molar-refractivity contribution in [1.82, 2.24) is 5.43 Å². The number of hydrazone groups is 1. The molecule has 9 heteroatoms. The van der Waals surface area contributed by atoms with Crippen LogP contribution >= 0.6 is 27.5 Å². The molecule has 0 saturated heterocycles. The summed E-state index contributed by atoms with van der Waals surface area (Å²) >= 11 is 9.45. The number of nitrogens with one attached hydrogen (secondary N) is 1. The molecule has 0 aliphatic rings. The topological polar surface area (TPSA) is 78.8 Å². The molecule has 1 N–H and O–H groups in total. The van der Waals surface area contributed by atoms with Gasteiger partial charge < -0.3 is 0 Å². The molecule has 0 radical (unpaired) electrons. The summed E-state index contributed by atoms with van der Waals surface area (Å²) in [4.78, 5) is 12.7. The summed E-state index contributed by atoms with van der Waals surface area (Å²) < 4.78 is 28.4. The Hall–Kier alpha value is -2.68. The first kappa shape index (κ1) is 23.0. The third kappa shape index (κ3) is 5.94. The van der Waals surface area contributed by atoms with Crippen LogP contribution in [0.1, 0.15) is 12.5 Å². The van der Waals surface area contributed by atoms with E-state index in [1.807, 2.05) is 24.3 Å². The molecule has 3 rings (SSSR count). The van der Waals surface area contributed by atoms with Crippen molar-refractivity contribution in [3.63, 3.8) is 0 Å². The van der Waals surface area contributed by atoms with E-state index in [4.69, 9.17) is 11.6 Å². The van der Waals surface area contributed by atoms with E-state index in [9.17, 15) is 13.2 Å². The number of hydrogen-bond acceptors (Lipinski definition) is 4. The lowest BCUT2D eigenvalue weighted by Crippen LogP contribution is -2.39. The summed E-state index contributed by atoms with van der Waals surface area (Å²) in [6, 6.07) is 21.7. The highest BCUT2D eigenvalue weighted by Gasteiger charge is 2.27. The Balaban J connectivity index is 1.87. The first-order valence-corrected chi connectivity index (χ1v) is 11.8. The predicted molar refractivity (Wildman–Crippen MR) is 127 cm³/mol. The van der Waals surface area contributed by atoms with Crippen molar-refractivity contribution in [2.45, 2.75) is 11.8 Å². The molecule has 0 saturated carbocycles. The van der Waals surface area contributed by atoms with E-state index in [0.717, 1.165) is 14.3 Å². The van der Waals surface area contributed by atoms with Gasteiger partial charge in [-0.15, -0.1) is 0 Å². The minimum absolute atomic E-state index is 0.0663. The lowest BCUT2D eigenvalue weighted by Gasteiger charge is -2.23. The molecule has 0 aromatic heterocycles. The smallest absolute Gasteiger partial charge is 0.264 e. The van der Waals surface area contributed by atoms with Crippen molar-refractivity contribution in [3.8, 4) is 0 Å². The van der Waals surface area contributed by atoms with Gasteiger partial charge in [0.15, 0.2) is 0 Å². The van der Waals surface area contributed by atoms with Crippen LogP contribution in [0.4, 0.5) is 5.69 Å². The minimum atomic E-state index is -4.00. The molecule has 0 spiro atoms. The fraction of sp³-hybridized carbons (Fsp3) is 0.0909. The molecule has 1 amide bonds. The summed E-state index contributed by atoms with van der Waals surface area (Å²) in [6.45, 7) is 1.28. The zero-order chi connectivity index (χ0) is 22.4. The van der Waals surface area contributed by atoms with Gasteiger partial charge in [-0.2, -0.15) is 5.10 Å². The van der Waals surface area contributed by atoms with E-state index < -0.39 is 22.5 Å². The molecule has 3 aromatic rings. The van der Waals surface area contributed by atoms with Crippen LogP contribution in [0.15, 0.2) is 93.3 Å². The molecular weight excluding hydrogens is 502 g/mol. The van der Waals surface area contributed by atoms with Gasteiger partial charge in [0.1, 0.15) is 6.54 Å². The van der Waals surface area contributed by atoms with Crippen LogP contribution in [0.25, 0.3) is 0 Å². The summed E-state index contributed by atoms with van der Waals surface area (Å²) in [5.41, 5.74) is 4.11. The van der Waals surface area contributed by atoms with Gasteiger partial charge >= 0.3 is 0 Å². The largest absolute Gasteiger partial charge is 0.271 e. The van der Waals surface area contributed by atoms with Gasteiger partial charge in [0.05, 0.1) is 16.3 Å². The highest BCUT2D eigenvalue weighted by atomic mass is 79.9. The zero-order valence-electron chi connectivity index (χ0n) is 16.5. The third-order valence-electron chi connectivity index (χ3n) is 4.31. The second kappa shape index (κ2) is 10.1. The SMILES string of the molecule is C/C(=N/NC(=O)CN(c1cccc(Cl)c1)S(=O)(=O)c1ccccc1)c1cccc(Br)c1. The second-order valence-electron chi connectivity index (χ2n) is 6.55. The minimum Gasteiger partial charge on any atom is -0.271 e. The summed E-state index contributed by atoms with van der Waals surface area (Å²) in [5, 5.41) is 4.46. The average Bonchev–Trinajstić information content (AvgIpc) is 2.76. The van der Waals surface area contributed by atoms with Crippen LogP contribution in [-0.2, 0) is 14.8 Å². The Kier molecular flexibility index (Phi) is 7.48. The lowest BCUT2D eigenvalue weighted by molar-refractivity contribution is -0.119. The number of hydrogen-bond donors (Lipinski definition) is 1. The fourth-order valence-electron chi connectivity index (χ4n) is 2.76. The number of rotatable bonds is 7. The van der Waals surface area contributed by atoms with Crippen LogP contribution in [0.5, 0.6) is 0 Å². The number of anilines is 1. The van der Waals surface area contributed by atoms with Gasteiger partial charge in [0.25, 0.3) is 15.9 Å². The first-order valence-electron chi connectivity index (χ1n) is 9.20. The Morgan fingerprint density at radius 3 is 2.42 bits per heavy atom. The van der Waals surface area contributed by atoms with Gasteiger partial charge in [-0.3, -0.25) is 9.10 Å². The Labute approximate surface area is 194 Å². The Morgan fingerprint density at radius 1 is 1.03 bits per heavy atom. The van der Waals surface area contributed by atoms with Gasteiger partial charge in [-0.05, 0) is 55.0 Å². The van der Waals surface area contributed by atoms with E-state index in [1.165, 1.54) is 18.2 Å². The van der Waals surface area contributed by atoms with Crippen LogP contribution < -0.4 is 9.73 Å². The Bertz CT molecular complexity index is 1220. The maximum absolute atomic E-state index is 13.2. The summed E-state index contributed by atoms with van der Waals surface area (Å²) in [7, 11) is -4.00. The zero-order valence-corrected chi connectivity index (χ0v) is 19.7. The van der Waals surface area contributed by atoms with Gasteiger partial charge in [-0.1, -0.05) is 63.9 Å². The molecule has 0 atom stereocenters. The molecular formula is C22H19BrClN3O3S. The number of sulfonamides is 1. The lowest BCUT2D eigenvalue weighted by atomic mass is 10.1. The fourth-order valence-corrected chi connectivity index (χ4v) is 4.77. The van der Waals surface area contributed by atoms with Crippen molar-refractivity contribution in [1.29, 1.82) is 0 Å². The van der Waals surface area contributed by atoms with Gasteiger partial charge in [0.2, 0.25) is 0 Å². The summed E-state index contributed by atoms with van der Waals surface area (Å²) in [6.07, 6.45) is 0. The van der Waals surface area contributed by atoms with E-state index in [1.54, 1.807) is 43.3 Å². The number of nitrogens with zero attached hydrogens (tertiary/aromatic N) is 2. The highest BCUT2D eigenvalue weighted by molar-refractivity contribution is 9.10. The first-order chi connectivity index (χ1) is 14.8. The average molecular weight is 521 g/mol. The maximum atomic E-state index is 13.2. The molecule has 3 aromatic carbocycles. The van der Waals surface area contributed by atoms with Crippen molar-refractivity contribution in [3.05, 3.63) is 93.9 Å². The van der Waals surface area contributed by atoms with Crippen LogP contribution in [0.3, 0.4) is 0 Å². The number of carbonyl (C=O) groups is 1. The molecule has 160 valence electrons. The van der Waals surface area contributed by atoms with Crippen LogP contribution in [-0.4, -0.2) is 26.6 Å². The van der Waals surface area contributed by atoms with E-state index in [0.29, 0.717) is 10.7 Å². The molecule has 0 aliphatic carbocycles.